The van der Waals surface area contributed by atoms with Gasteiger partial charge in [0, 0.05) is 12.6 Å². The van der Waals surface area contributed by atoms with Crippen molar-refractivity contribution in [2.24, 2.45) is 0 Å². The fraction of sp³-hybridized carbons (Fsp3) is 0.545. The van der Waals surface area contributed by atoms with Crippen LogP contribution in [0, 0.1) is 0 Å². The molecule has 0 bridgehead atoms. The van der Waals surface area contributed by atoms with E-state index in [-0.39, 0.29) is 17.3 Å². The first-order valence-corrected chi connectivity index (χ1v) is 9.26. The Morgan fingerprint density at radius 2 is 2.17 bits per heavy atom. The maximum atomic E-state index is 11.9. The average Bonchev–Trinajstić information content (AvgIpc) is 2.84. The van der Waals surface area contributed by atoms with E-state index in [0.717, 1.165) is 10.8 Å². The van der Waals surface area contributed by atoms with Gasteiger partial charge >= 0.3 is 13.5 Å². The number of phosphoric ester groups is 1. The normalized spacial score (nSPS) is 24.2. The van der Waals surface area contributed by atoms with E-state index in [1.165, 1.54) is 0 Å². The summed E-state index contributed by atoms with van der Waals surface area (Å²) in [5.74, 6) is -0.551. The van der Waals surface area contributed by atoms with E-state index in [1.54, 1.807) is 0 Å². The van der Waals surface area contributed by atoms with Crippen molar-refractivity contribution >= 4 is 29.5 Å². The number of aliphatic hydroxyl groups is 1. The van der Waals surface area contributed by atoms with Gasteiger partial charge < -0.3 is 19.6 Å². The topological polar surface area (TPSA) is 168 Å². The van der Waals surface area contributed by atoms with Gasteiger partial charge in [0.25, 0.3) is 5.56 Å². The highest BCUT2D eigenvalue weighted by Crippen LogP contribution is 2.38. The van der Waals surface area contributed by atoms with E-state index >= 15 is 0 Å². The molecule has 1 fully saturated rings. The molecule has 1 aromatic heterocycles. The number of hydrogen-bond acceptors (Lipinski definition) is 7. The van der Waals surface area contributed by atoms with E-state index in [1.807, 2.05) is 4.98 Å². The molecule has 2 rings (SSSR count). The third kappa shape index (κ3) is 4.48. The number of Topliss-reactive ketones (excluding diaryl/α,β-unsaturated/α-hetero) is 1. The van der Waals surface area contributed by atoms with Crippen molar-refractivity contribution in [3.8, 4) is 0 Å². The highest BCUT2D eigenvalue weighted by Gasteiger charge is 2.37. The number of carbonyl (C=O) groups excluding carboxylic acids is 1. The quantitative estimate of drug-likeness (QED) is 0.249. The molecule has 1 saturated heterocycles. The van der Waals surface area contributed by atoms with Crippen LogP contribution < -0.4 is 11.2 Å². The molecule has 0 amide bonds. The number of aromatic nitrogens is 2. The number of nitrogens with zero attached hydrogens (tertiary/aromatic N) is 1. The van der Waals surface area contributed by atoms with E-state index in [9.17, 15) is 24.1 Å². The molecule has 134 valence electrons. The predicted molar refractivity (Wildman–Crippen MR) is 82.0 cm³/mol. The standard InChI is InChI=1S/C11H14BrN2O9P/c12-2-7(16)5-3-14(11(18)13-10(5)17)9-1-6(15)8(23-9)4-22-24(19,20)21/h3,6,8-9,15H,1-2,4H2,(H,13,17,18)(H2,19,20,21)/t6-,8+,9+/m0/s1. The Labute approximate surface area is 142 Å². The van der Waals surface area contributed by atoms with Gasteiger partial charge in [0.2, 0.25) is 0 Å². The van der Waals surface area contributed by atoms with Gasteiger partial charge in [0.15, 0.2) is 5.78 Å². The van der Waals surface area contributed by atoms with E-state index < -0.39 is 49.9 Å². The lowest BCUT2D eigenvalue weighted by Crippen LogP contribution is -2.35. The number of alkyl halides is 1. The summed E-state index contributed by atoms with van der Waals surface area (Å²) in [5.41, 5.74) is -1.96. The van der Waals surface area contributed by atoms with Gasteiger partial charge in [-0.15, -0.1) is 0 Å². The SMILES string of the molecule is O=C(CBr)c1cn([C@H]2C[C@H](O)[C@@H](COP(=O)(O)O)O2)c(=O)[nH]c1=O. The molecule has 0 saturated carbocycles. The fourth-order valence-corrected chi connectivity index (χ4v) is 2.82. The van der Waals surface area contributed by atoms with Crippen LogP contribution in [-0.2, 0) is 13.8 Å². The number of aromatic amines is 1. The lowest BCUT2D eigenvalue weighted by molar-refractivity contribution is -0.0451. The van der Waals surface area contributed by atoms with E-state index in [2.05, 4.69) is 20.5 Å². The fourth-order valence-electron chi connectivity index (χ4n) is 2.18. The van der Waals surface area contributed by atoms with Gasteiger partial charge in [-0.3, -0.25) is 23.7 Å². The van der Waals surface area contributed by atoms with Crippen molar-refractivity contribution in [1.82, 2.24) is 9.55 Å². The van der Waals surface area contributed by atoms with Crippen LogP contribution in [0.25, 0.3) is 0 Å². The molecule has 0 unspecified atom stereocenters. The molecule has 0 aromatic carbocycles. The molecule has 0 spiro atoms. The van der Waals surface area contributed by atoms with Crippen LogP contribution in [0.4, 0.5) is 0 Å². The number of nitrogens with one attached hydrogen (secondary N) is 1. The van der Waals surface area contributed by atoms with Crippen LogP contribution in [-0.4, -0.2) is 54.4 Å². The molecule has 1 aromatic rings. The van der Waals surface area contributed by atoms with Gasteiger partial charge in [-0.05, 0) is 0 Å². The van der Waals surface area contributed by atoms with Crippen molar-refractivity contribution in [2.75, 3.05) is 11.9 Å². The summed E-state index contributed by atoms with van der Waals surface area (Å²) in [6, 6.07) is 0. The Morgan fingerprint density at radius 3 is 2.75 bits per heavy atom. The number of ketones is 1. The number of aliphatic hydroxyl groups excluding tert-OH is 1. The number of carbonyl (C=O) groups is 1. The predicted octanol–water partition coefficient (Wildman–Crippen LogP) is -1.13. The van der Waals surface area contributed by atoms with Gasteiger partial charge in [-0.2, -0.15) is 0 Å². The molecule has 3 atom stereocenters. The minimum atomic E-state index is -4.73. The Kier molecular flexibility index (Phi) is 5.91. The number of halogens is 1. The number of rotatable bonds is 6. The summed E-state index contributed by atoms with van der Waals surface area (Å²) >= 11 is 2.92. The van der Waals surface area contributed by atoms with Crippen molar-refractivity contribution in [2.45, 2.75) is 24.9 Å². The van der Waals surface area contributed by atoms with Crippen LogP contribution >= 0.6 is 23.8 Å². The number of ether oxygens (including phenoxy) is 1. The smallest absolute Gasteiger partial charge is 0.390 e. The molecular weight excluding hydrogens is 415 g/mol. The van der Waals surface area contributed by atoms with E-state index in [4.69, 9.17) is 14.5 Å². The summed E-state index contributed by atoms with van der Waals surface area (Å²) in [4.78, 5) is 54.5. The molecule has 0 radical (unpaired) electrons. The minimum Gasteiger partial charge on any atom is -0.390 e. The number of phosphoric acid groups is 1. The summed E-state index contributed by atoms with van der Waals surface area (Å²) < 4.78 is 21.2. The van der Waals surface area contributed by atoms with Gasteiger partial charge in [0.05, 0.1) is 18.0 Å². The zero-order valence-corrected chi connectivity index (χ0v) is 14.5. The van der Waals surface area contributed by atoms with Crippen LogP contribution in [0.1, 0.15) is 23.0 Å². The van der Waals surface area contributed by atoms with Crippen molar-refractivity contribution in [3.63, 3.8) is 0 Å². The third-order valence-electron chi connectivity index (χ3n) is 3.31. The number of hydrogen-bond donors (Lipinski definition) is 4. The summed E-state index contributed by atoms with van der Waals surface area (Å²) in [5, 5.41) is 9.74. The Bertz CT molecular complexity index is 784. The molecular formula is C11H14BrN2O9P. The molecule has 1 aliphatic rings. The minimum absolute atomic E-state index is 0.0942. The Morgan fingerprint density at radius 1 is 1.50 bits per heavy atom. The van der Waals surface area contributed by atoms with Gasteiger partial charge in [-0.1, -0.05) is 15.9 Å². The van der Waals surface area contributed by atoms with Crippen molar-refractivity contribution in [3.05, 3.63) is 32.6 Å². The highest BCUT2D eigenvalue weighted by molar-refractivity contribution is 9.09. The third-order valence-corrected chi connectivity index (χ3v) is 4.31. The first-order valence-electron chi connectivity index (χ1n) is 6.60. The molecule has 4 N–H and O–H groups in total. The molecule has 13 heteroatoms. The molecule has 1 aliphatic heterocycles. The van der Waals surface area contributed by atoms with Crippen molar-refractivity contribution in [1.29, 1.82) is 0 Å². The second kappa shape index (κ2) is 7.40. The maximum Gasteiger partial charge on any atom is 0.469 e. The largest absolute Gasteiger partial charge is 0.469 e. The highest BCUT2D eigenvalue weighted by atomic mass is 79.9. The zero-order valence-electron chi connectivity index (χ0n) is 12.0. The summed E-state index contributed by atoms with van der Waals surface area (Å²) in [7, 11) is -4.73. The van der Waals surface area contributed by atoms with Gasteiger partial charge in [0.1, 0.15) is 17.9 Å². The molecule has 11 nitrogen and oxygen atoms in total. The lowest BCUT2D eigenvalue weighted by atomic mass is 10.2. The lowest BCUT2D eigenvalue weighted by Gasteiger charge is -2.16. The van der Waals surface area contributed by atoms with Crippen molar-refractivity contribution < 1.29 is 33.5 Å². The molecule has 2 heterocycles. The molecule has 24 heavy (non-hydrogen) atoms. The second-order valence-corrected chi connectivity index (χ2v) is 6.78. The first kappa shape index (κ1) is 19.2. The number of H-pyrrole nitrogens is 1. The van der Waals surface area contributed by atoms with Crippen LogP contribution in [0.5, 0.6) is 0 Å². The summed E-state index contributed by atoms with van der Waals surface area (Å²) in [6.45, 7) is -0.590. The van der Waals surface area contributed by atoms with Crippen LogP contribution in [0.2, 0.25) is 0 Å². The zero-order chi connectivity index (χ0) is 18.1. The van der Waals surface area contributed by atoms with Crippen LogP contribution in [0.3, 0.4) is 0 Å². The Hall–Kier alpha value is -1.14. The average molecular weight is 429 g/mol. The monoisotopic (exact) mass is 428 g/mol. The van der Waals surface area contributed by atoms with Gasteiger partial charge in [-0.25, -0.2) is 9.36 Å². The second-order valence-electron chi connectivity index (χ2n) is 4.98. The Balaban J connectivity index is 2.24. The molecule has 0 aliphatic carbocycles. The summed E-state index contributed by atoms with van der Waals surface area (Å²) in [6.07, 6.45) is -2.35. The first-order chi connectivity index (χ1) is 11.1. The van der Waals surface area contributed by atoms with Crippen LogP contribution in [0.15, 0.2) is 15.8 Å². The maximum absolute atomic E-state index is 11.9. The van der Waals surface area contributed by atoms with E-state index in [0.29, 0.717) is 0 Å².